The van der Waals surface area contributed by atoms with Crippen molar-refractivity contribution in [3.8, 4) is 0 Å². The number of rotatable bonds is 3. The molecular formula is C11H12F2N2O2. The van der Waals surface area contributed by atoms with Crippen LogP contribution in [0, 0.1) is 11.6 Å². The Bertz CT molecular complexity index is 449. The van der Waals surface area contributed by atoms with Crippen LogP contribution in [0.4, 0.5) is 14.5 Å². The van der Waals surface area contributed by atoms with Gasteiger partial charge in [0.15, 0.2) is 11.6 Å². The molecule has 1 unspecified atom stereocenters. The van der Waals surface area contributed by atoms with Gasteiger partial charge in [-0.15, -0.1) is 0 Å². The summed E-state index contributed by atoms with van der Waals surface area (Å²) in [6.07, 6.45) is 0. The van der Waals surface area contributed by atoms with Gasteiger partial charge in [0.05, 0.1) is 0 Å². The Morgan fingerprint density at radius 2 is 1.88 bits per heavy atom. The number of halogens is 2. The molecule has 1 rings (SSSR count). The van der Waals surface area contributed by atoms with Gasteiger partial charge in [0, 0.05) is 18.7 Å². The van der Waals surface area contributed by atoms with Crippen LogP contribution in [0.2, 0.25) is 0 Å². The number of carbonyl (C=O) groups excluding carboxylic acids is 2. The van der Waals surface area contributed by atoms with Crippen LogP contribution in [0.5, 0.6) is 0 Å². The summed E-state index contributed by atoms with van der Waals surface area (Å²) in [5.74, 6) is -2.89. The summed E-state index contributed by atoms with van der Waals surface area (Å²) in [5.41, 5.74) is 0.131. The lowest BCUT2D eigenvalue weighted by Crippen LogP contribution is -2.40. The van der Waals surface area contributed by atoms with Gasteiger partial charge in [0.2, 0.25) is 11.8 Å². The highest BCUT2D eigenvalue weighted by Crippen LogP contribution is 2.13. The van der Waals surface area contributed by atoms with Crippen LogP contribution in [0.1, 0.15) is 13.8 Å². The highest BCUT2D eigenvalue weighted by Gasteiger charge is 2.14. The van der Waals surface area contributed by atoms with E-state index < -0.39 is 23.6 Å². The van der Waals surface area contributed by atoms with Crippen LogP contribution in [-0.4, -0.2) is 17.9 Å². The van der Waals surface area contributed by atoms with E-state index in [4.69, 9.17) is 0 Å². The van der Waals surface area contributed by atoms with Gasteiger partial charge in [-0.3, -0.25) is 9.59 Å². The highest BCUT2D eigenvalue weighted by atomic mass is 19.2. The Morgan fingerprint density at radius 1 is 1.24 bits per heavy atom. The van der Waals surface area contributed by atoms with Crippen molar-refractivity contribution in [1.29, 1.82) is 0 Å². The third-order valence-corrected chi connectivity index (χ3v) is 2.00. The zero-order chi connectivity index (χ0) is 13.0. The summed E-state index contributed by atoms with van der Waals surface area (Å²) >= 11 is 0. The maximum Gasteiger partial charge on any atom is 0.246 e. The van der Waals surface area contributed by atoms with Crippen molar-refractivity contribution in [3.63, 3.8) is 0 Å². The fraction of sp³-hybridized carbons (Fsp3) is 0.273. The summed E-state index contributed by atoms with van der Waals surface area (Å²) < 4.78 is 25.5. The molecular weight excluding hydrogens is 230 g/mol. The fourth-order valence-electron chi connectivity index (χ4n) is 1.19. The Labute approximate surface area is 97.0 Å². The second-order valence-corrected chi connectivity index (χ2v) is 3.54. The molecule has 1 aromatic rings. The van der Waals surface area contributed by atoms with Crippen LogP contribution in [0.3, 0.4) is 0 Å². The summed E-state index contributed by atoms with van der Waals surface area (Å²) in [6.45, 7) is 2.76. The van der Waals surface area contributed by atoms with Gasteiger partial charge in [0.25, 0.3) is 0 Å². The maximum atomic E-state index is 12.8. The Morgan fingerprint density at radius 3 is 2.41 bits per heavy atom. The predicted molar refractivity (Wildman–Crippen MR) is 58.3 cm³/mol. The van der Waals surface area contributed by atoms with Crippen LogP contribution < -0.4 is 10.6 Å². The summed E-state index contributed by atoms with van der Waals surface area (Å²) in [6, 6.07) is 2.26. The molecule has 2 amide bonds. The smallest absolute Gasteiger partial charge is 0.246 e. The fourth-order valence-corrected chi connectivity index (χ4v) is 1.19. The molecule has 1 aromatic carbocycles. The Kier molecular flexibility index (Phi) is 4.14. The molecule has 1 atom stereocenters. The minimum absolute atomic E-state index is 0.131. The van der Waals surface area contributed by atoms with E-state index in [9.17, 15) is 18.4 Å². The number of hydrogen-bond acceptors (Lipinski definition) is 2. The topological polar surface area (TPSA) is 58.2 Å². The van der Waals surface area contributed by atoms with Crippen LogP contribution >= 0.6 is 0 Å². The Hall–Kier alpha value is -1.98. The summed E-state index contributed by atoms with van der Waals surface area (Å²) in [4.78, 5) is 22.2. The monoisotopic (exact) mass is 242 g/mol. The summed E-state index contributed by atoms with van der Waals surface area (Å²) in [7, 11) is 0. The molecule has 92 valence electrons. The molecule has 0 aliphatic rings. The normalized spacial score (nSPS) is 11.8. The largest absolute Gasteiger partial charge is 0.345 e. The van der Waals surface area contributed by atoms with Gasteiger partial charge < -0.3 is 10.6 Å². The zero-order valence-electron chi connectivity index (χ0n) is 9.38. The molecule has 0 saturated heterocycles. The van der Waals surface area contributed by atoms with Crippen molar-refractivity contribution in [2.24, 2.45) is 0 Å². The van der Waals surface area contributed by atoms with Crippen molar-refractivity contribution in [2.75, 3.05) is 5.32 Å². The van der Waals surface area contributed by atoms with E-state index in [-0.39, 0.29) is 11.6 Å². The second kappa shape index (κ2) is 5.38. The van der Waals surface area contributed by atoms with Crippen molar-refractivity contribution < 1.29 is 18.4 Å². The molecule has 0 fully saturated rings. The first kappa shape index (κ1) is 13.1. The second-order valence-electron chi connectivity index (χ2n) is 3.54. The zero-order valence-corrected chi connectivity index (χ0v) is 9.38. The van der Waals surface area contributed by atoms with Crippen molar-refractivity contribution in [3.05, 3.63) is 29.8 Å². The molecule has 0 heterocycles. The van der Waals surface area contributed by atoms with E-state index in [1.165, 1.54) is 19.9 Å². The van der Waals surface area contributed by atoms with Gasteiger partial charge in [-0.1, -0.05) is 0 Å². The first-order valence-electron chi connectivity index (χ1n) is 4.93. The molecule has 4 nitrogen and oxygen atoms in total. The highest BCUT2D eigenvalue weighted by molar-refractivity contribution is 5.96. The van der Waals surface area contributed by atoms with Crippen molar-refractivity contribution >= 4 is 17.5 Å². The average Bonchev–Trinajstić information content (AvgIpc) is 2.22. The van der Waals surface area contributed by atoms with Gasteiger partial charge >= 0.3 is 0 Å². The van der Waals surface area contributed by atoms with Crippen LogP contribution in [0.25, 0.3) is 0 Å². The molecule has 0 spiro atoms. The number of benzene rings is 1. The molecule has 0 aromatic heterocycles. The molecule has 0 bridgehead atoms. The quantitative estimate of drug-likeness (QED) is 0.842. The van der Waals surface area contributed by atoms with Gasteiger partial charge in [-0.05, 0) is 19.1 Å². The van der Waals surface area contributed by atoms with E-state index in [1.807, 2.05) is 0 Å². The molecule has 0 saturated carbocycles. The van der Waals surface area contributed by atoms with Crippen LogP contribution in [-0.2, 0) is 9.59 Å². The minimum Gasteiger partial charge on any atom is -0.345 e. The number of anilines is 1. The lowest BCUT2D eigenvalue weighted by molar-refractivity contribution is -0.124. The molecule has 0 aliphatic heterocycles. The maximum absolute atomic E-state index is 12.8. The van der Waals surface area contributed by atoms with E-state index in [0.717, 1.165) is 12.1 Å². The molecule has 6 heteroatoms. The molecule has 0 aliphatic carbocycles. The molecule has 17 heavy (non-hydrogen) atoms. The number of carbonyl (C=O) groups is 2. The van der Waals surface area contributed by atoms with E-state index in [2.05, 4.69) is 10.6 Å². The minimum atomic E-state index is -1.05. The number of amides is 2. The third-order valence-electron chi connectivity index (χ3n) is 2.00. The molecule has 0 radical (unpaired) electrons. The Balaban J connectivity index is 2.67. The average molecular weight is 242 g/mol. The van der Waals surface area contributed by atoms with Gasteiger partial charge in [-0.2, -0.15) is 0 Å². The third kappa shape index (κ3) is 3.82. The van der Waals surface area contributed by atoms with E-state index in [1.54, 1.807) is 0 Å². The SMILES string of the molecule is CC(=O)NC(C)C(=O)Nc1ccc(F)c(F)c1. The standard InChI is InChI=1S/C11H12F2N2O2/c1-6(14-7(2)16)11(17)15-8-3-4-9(12)10(13)5-8/h3-6H,1-2H3,(H,14,16)(H,15,17). The number of hydrogen-bond donors (Lipinski definition) is 2. The lowest BCUT2D eigenvalue weighted by atomic mass is 10.2. The first-order chi connectivity index (χ1) is 7.90. The van der Waals surface area contributed by atoms with Crippen molar-refractivity contribution in [2.45, 2.75) is 19.9 Å². The van der Waals surface area contributed by atoms with Gasteiger partial charge in [0.1, 0.15) is 6.04 Å². The first-order valence-corrected chi connectivity index (χ1v) is 4.93. The summed E-state index contributed by atoms with van der Waals surface area (Å²) in [5, 5.41) is 4.72. The number of nitrogens with one attached hydrogen (secondary N) is 2. The van der Waals surface area contributed by atoms with Crippen molar-refractivity contribution in [1.82, 2.24) is 5.32 Å². The lowest BCUT2D eigenvalue weighted by Gasteiger charge is -2.12. The van der Waals surface area contributed by atoms with E-state index in [0.29, 0.717) is 0 Å². The van der Waals surface area contributed by atoms with Crippen LogP contribution in [0.15, 0.2) is 18.2 Å². The molecule has 2 N–H and O–H groups in total. The van der Waals surface area contributed by atoms with Gasteiger partial charge in [-0.25, -0.2) is 8.78 Å². The van der Waals surface area contributed by atoms with E-state index >= 15 is 0 Å². The predicted octanol–water partition coefficient (Wildman–Crippen LogP) is 1.43.